The average Bonchev–Trinajstić information content (AvgIpc) is 2.97. The van der Waals surface area contributed by atoms with E-state index < -0.39 is 11.9 Å². The topological polar surface area (TPSA) is 58.5 Å². The number of methoxy groups -OCH3 is 1. The SMILES string of the molecule is CCc1ncnc(N2C[C@@H](O)C[C@H]2c2cccc(OC)c2)c1F. The van der Waals surface area contributed by atoms with Gasteiger partial charge in [0.2, 0.25) is 0 Å². The van der Waals surface area contributed by atoms with Crippen molar-refractivity contribution in [1.29, 1.82) is 0 Å². The number of aromatic nitrogens is 2. The van der Waals surface area contributed by atoms with E-state index in [1.54, 1.807) is 7.11 Å². The number of anilines is 1. The molecule has 1 saturated heterocycles. The summed E-state index contributed by atoms with van der Waals surface area (Å²) in [6, 6.07) is 7.48. The molecule has 5 nitrogen and oxygen atoms in total. The molecular weight excluding hydrogens is 297 g/mol. The van der Waals surface area contributed by atoms with Gasteiger partial charge in [-0.2, -0.15) is 0 Å². The zero-order valence-corrected chi connectivity index (χ0v) is 13.2. The first-order chi connectivity index (χ1) is 11.1. The average molecular weight is 317 g/mol. The Labute approximate surface area is 134 Å². The van der Waals surface area contributed by atoms with Crippen LogP contribution in [-0.4, -0.2) is 34.8 Å². The Kier molecular flexibility index (Phi) is 4.43. The summed E-state index contributed by atoms with van der Waals surface area (Å²) in [5, 5.41) is 10.1. The first-order valence-corrected chi connectivity index (χ1v) is 7.72. The number of benzene rings is 1. The summed E-state index contributed by atoms with van der Waals surface area (Å²) < 4.78 is 19.9. The highest BCUT2D eigenvalue weighted by molar-refractivity contribution is 5.47. The van der Waals surface area contributed by atoms with Gasteiger partial charge in [0.15, 0.2) is 11.6 Å². The highest BCUT2D eigenvalue weighted by Gasteiger charge is 2.35. The van der Waals surface area contributed by atoms with Gasteiger partial charge in [0.25, 0.3) is 0 Å². The van der Waals surface area contributed by atoms with Crippen LogP contribution in [0.2, 0.25) is 0 Å². The number of aliphatic hydroxyl groups is 1. The van der Waals surface area contributed by atoms with Crippen molar-refractivity contribution in [3.8, 4) is 5.75 Å². The van der Waals surface area contributed by atoms with Gasteiger partial charge < -0.3 is 14.7 Å². The molecule has 0 saturated carbocycles. The van der Waals surface area contributed by atoms with Gasteiger partial charge in [-0.05, 0) is 30.5 Å². The van der Waals surface area contributed by atoms with Gasteiger partial charge in [0.05, 0.1) is 24.9 Å². The van der Waals surface area contributed by atoms with Crippen molar-refractivity contribution >= 4 is 5.82 Å². The predicted molar refractivity (Wildman–Crippen MR) is 85.1 cm³/mol. The summed E-state index contributed by atoms with van der Waals surface area (Å²) in [5.74, 6) is 0.583. The van der Waals surface area contributed by atoms with Crippen LogP contribution in [0.25, 0.3) is 0 Å². The van der Waals surface area contributed by atoms with E-state index in [1.807, 2.05) is 36.1 Å². The van der Waals surface area contributed by atoms with Crippen LogP contribution in [0.15, 0.2) is 30.6 Å². The van der Waals surface area contributed by atoms with E-state index in [2.05, 4.69) is 9.97 Å². The minimum atomic E-state index is -0.523. The quantitative estimate of drug-likeness (QED) is 0.939. The van der Waals surface area contributed by atoms with Crippen molar-refractivity contribution in [2.24, 2.45) is 0 Å². The molecule has 0 unspecified atom stereocenters. The number of β-amino-alcohol motifs (C(OH)–C–C–N with tert-alkyl or cyclic N) is 1. The third kappa shape index (κ3) is 2.99. The normalized spacial score (nSPS) is 20.8. The van der Waals surface area contributed by atoms with E-state index in [1.165, 1.54) is 6.33 Å². The molecule has 0 spiro atoms. The standard InChI is InChI=1S/C17H20FN3O2/c1-3-14-16(18)17(20-10-19-14)21-9-12(22)8-15(21)11-5-4-6-13(7-11)23-2/h4-7,10,12,15,22H,3,8-9H2,1-2H3/t12-,15-/m0/s1. The second-order valence-electron chi connectivity index (χ2n) is 5.65. The Morgan fingerprint density at radius 2 is 2.22 bits per heavy atom. The number of rotatable bonds is 4. The van der Waals surface area contributed by atoms with Crippen LogP contribution in [0, 0.1) is 5.82 Å². The molecule has 0 radical (unpaired) electrons. The molecule has 0 aliphatic carbocycles. The molecule has 1 N–H and O–H groups in total. The molecule has 1 aliphatic rings. The molecule has 6 heteroatoms. The zero-order chi connectivity index (χ0) is 16.4. The molecule has 23 heavy (non-hydrogen) atoms. The molecule has 2 atom stereocenters. The number of nitrogens with zero attached hydrogens (tertiary/aromatic N) is 3. The first kappa shape index (κ1) is 15.7. The highest BCUT2D eigenvalue weighted by Crippen LogP contribution is 2.37. The molecule has 0 bridgehead atoms. The molecule has 2 heterocycles. The van der Waals surface area contributed by atoms with Crippen molar-refractivity contribution in [3.05, 3.63) is 47.7 Å². The smallest absolute Gasteiger partial charge is 0.187 e. The first-order valence-electron chi connectivity index (χ1n) is 7.72. The maximum Gasteiger partial charge on any atom is 0.187 e. The zero-order valence-electron chi connectivity index (χ0n) is 13.2. The number of hydrogen-bond donors (Lipinski definition) is 1. The number of aliphatic hydroxyl groups excluding tert-OH is 1. The largest absolute Gasteiger partial charge is 0.497 e. The van der Waals surface area contributed by atoms with E-state index in [4.69, 9.17) is 4.74 Å². The Balaban J connectivity index is 2.00. The number of ether oxygens (including phenoxy) is 1. The summed E-state index contributed by atoms with van der Waals surface area (Å²) in [5.41, 5.74) is 1.36. The molecule has 122 valence electrons. The Hall–Kier alpha value is -2.21. The van der Waals surface area contributed by atoms with Gasteiger partial charge >= 0.3 is 0 Å². The molecule has 1 aromatic carbocycles. The number of aryl methyl sites for hydroxylation is 1. The Morgan fingerprint density at radius 1 is 1.39 bits per heavy atom. The van der Waals surface area contributed by atoms with E-state index in [0.717, 1.165) is 11.3 Å². The fourth-order valence-electron chi connectivity index (χ4n) is 3.06. The van der Waals surface area contributed by atoms with E-state index >= 15 is 0 Å². The van der Waals surface area contributed by atoms with Crippen LogP contribution in [0.3, 0.4) is 0 Å². The van der Waals surface area contributed by atoms with Crippen molar-refractivity contribution < 1.29 is 14.2 Å². The van der Waals surface area contributed by atoms with Crippen molar-refractivity contribution in [1.82, 2.24) is 9.97 Å². The summed E-state index contributed by atoms with van der Waals surface area (Å²) in [6.07, 6.45) is 1.88. The van der Waals surface area contributed by atoms with Crippen LogP contribution < -0.4 is 9.64 Å². The summed E-state index contributed by atoms with van der Waals surface area (Å²) >= 11 is 0. The summed E-state index contributed by atoms with van der Waals surface area (Å²) in [6.45, 7) is 2.20. The molecule has 1 fully saturated rings. The molecule has 1 aliphatic heterocycles. The molecular formula is C17H20FN3O2. The summed E-state index contributed by atoms with van der Waals surface area (Å²) in [4.78, 5) is 9.91. The third-order valence-corrected chi connectivity index (χ3v) is 4.21. The Bertz CT molecular complexity index is 695. The number of hydrogen-bond acceptors (Lipinski definition) is 5. The summed E-state index contributed by atoms with van der Waals surface area (Å²) in [7, 11) is 1.61. The van der Waals surface area contributed by atoms with Gasteiger partial charge in [-0.3, -0.25) is 0 Å². The lowest BCUT2D eigenvalue weighted by atomic mass is 10.0. The van der Waals surface area contributed by atoms with E-state index in [9.17, 15) is 9.50 Å². The van der Waals surface area contributed by atoms with E-state index in [-0.39, 0.29) is 11.9 Å². The van der Waals surface area contributed by atoms with Gasteiger partial charge in [0.1, 0.15) is 12.1 Å². The maximum atomic E-state index is 14.6. The lowest BCUT2D eigenvalue weighted by Gasteiger charge is -2.26. The van der Waals surface area contributed by atoms with Gasteiger partial charge in [-0.25, -0.2) is 14.4 Å². The minimum Gasteiger partial charge on any atom is -0.497 e. The van der Waals surface area contributed by atoms with Crippen LogP contribution >= 0.6 is 0 Å². The van der Waals surface area contributed by atoms with Gasteiger partial charge in [0, 0.05) is 6.54 Å². The molecule has 2 aromatic rings. The molecule has 1 aromatic heterocycles. The fourth-order valence-corrected chi connectivity index (χ4v) is 3.06. The van der Waals surface area contributed by atoms with Crippen molar-refractivity contribution in [2.75, 3.05) is 18.6 Å². The highest BCUT2D eigenvalue weighted by atomic mass is 19.1. The number of halogens is 1. The maximum absolute atomic E-state index is 14.6. The Morgan fingerprint density at radius 3 is 2.96 bits per heavy atom. The second kappa shape index (κ2) is 6.50. The minimum absolute atomic E-state index is 0.144. The molecule has 3 rings (SSSR count). The third-order valence-electron chi connectivity index (χ3n) is 4.21. The lowest BCUT2D eigenvalue weighted by molar-refractivity contribution is 0.194. The molecule has 0 amide bonds. The lowest BCUT2D eigenvalue weighted by Crippen LogP contribution is -2.27. The van der Waals surface area contributed by atoms with E-state index in [0.29, 0.717) is 25.1 Å². The fraction of sp³-hybridized carbons (Fsp3) is 0.412. The van der Waals surface area contributed by atoms with Crippen LogP contribution in [0.4, 0.5) is 10.2 Å². The van der Waals surface area contributed by atoms with Crippen molar-refractivity contribution in [3.63, 3.8) is 0 Å². The van der Waals surface area contributed by atoms with Crippen LogP contribution in [0.5, 0.6) is 5.75 Å². The second-order valence-corrected chi connectivity index (χ2v) is 5.65. The van der Waals surface area contributed by atoms with Gasteiger partial charge in [-0.1, -0.05) is 19.1 Å². The monoisotopic (exact) mass is 317 g/mol. The predicted octanol–water partition coefficient (Wildman–Crippen LogP) is 2.50. The van der Waals surface area contributed by atoms with Crippen LogP contribution in [0.1, 0.15) is 30.6 Å². The van der Waals surface area contributed by atoms with Crippen molar-refractivity contribution in [2.45, 2.75) is 31.9 Å². The van der Waals surface area contributed by atoms with Crippen LogP contribution in [-0.2, 0) is 6.42 Å². The van der Waals surface area contributed by atoms with Gasteiger partial charge in [-0.15, -0.1) is 0 Å².